The highest BCUT2D eigenvalue weighted by atomic mass is 16.7. The molecule has 0 aromatic carbocycles. The third-order valence-electron chi connectivity index (χ3n) is 3.07. The minimum atomic E-state index is -0.342. The first-order chi connectivity index (χ1) is 8.84. The lowest BCUT2D eigenvalue weighted by Crippen LogP contribution is -2.41. The molecule has 0 saturated carbocycles. The van der Waals surface area contributed by atoms with E-state index in [1.54, 1.807) is 12.2 Å². The summed E-state index contributed by atoms with van der Waals surface area (Å²) in [6.07, 6.45) is 5.31. The van der Waals surface area contributed by atoms with Crippen LogP contribution in [0.15, 0.2) is 36.9 Å². The van der Waals surface area contributed by atoms with Crippen molar-refractivity contribution in [1.82, 2.24) is 0 Å². The van der Waals surface area contributed by atoms with E-state index in [-0.39, 0.29) is 18.3 Å². The Morgan fingerprint density at radius 2 is 1.26 bits per heavy atom. The SMILES string of the molecule is C=C/C=C(\C=C)B1OC(C)(C)C(C)(C)O1.CC.CC. The van der Waals surface area contributed by atoms with Gasteiger partial charge in [-0.3, -0.25) is 0 Å². The average Bonchev–Trinajstić information content (AvgIpc) is 2.60. The molecule has 0 bridgehead atoms. The van der Waals surface area contributed by atoms with Crippen molar-refractivity contribution in [3.63, 3.8) is 0 Å². The molecule has 2 nitrogen and oxygen atoms in total. The summed E-state index contributed by atoms with van der Waals surface area (Å²) in [5, 5.41) is 0. The molecule has 0 aromatic rings. The maximum Gasteiger partial charge on any atom is 0.494 e. The van der Waals surface area contributed by atoms with Gasteiger partial charge in [0.25, 0.3) is 0 Å². The van der Waals surface area contributed by atoms with E-state index in [4.69, 9.17) is 9.31 Å². The number of hydrogen-bond acceptors (Lipinski definition) is 2. The maximum atomic E-state index is 5.86. The summed E-state index contributed by atoms with van der Waals surface area (Å²) in [7, 11) is -0.342. The van der Waals surface area contributed by atoms with E-state index in [1.165, 1.54) is 0 Å². The summed E-state index contributed by atoms with van der Waals surface area (Å²) in [5.41, 5.74) is 0.297. The van der Waals surface area contributed by atoms with Crippen LogP contribution in [-0.4, -0.2) is 18.3 Å². The number of hydrogen-bond donors (Lipinski definition) is 0. The van der Waals surface area contributed by atoms with E-state index in [0.717, 1.165) is 5.47 Å². The smallest absolute Gasteiger partial charge is 0.399 e. The second-order valence-electron chi connectivity index (χ2n) is 4.69. The molecule has 0 spiro atoms. The summed E-state index contributed by atoms with van der Waals surface area (Å²) >= 11 is 0. The molecule has 3 heteroatoms. The molecule has 0 radical (unpaired) electrons. The van der Waals surface area contributed by atoms with Crippen LogP contribution in [0.25, 0.3) is 0 Å². The Morgan fingerprint density at radius 3 is 1.53 bits per heavy atom. The number of rotatable bonds is 3. The zero-order chi connectivity index (χ0) is 15.7. The standard InChI is InChI=1S/C12H19BO2.2C2H6/c1-7-9-10(8-2)13-14-11(3,4)12(5,6)15-13;2*1-2/h7-9H,1-2H2,3-6H3;2*1-2H3/b10-9+;;. The molecule has 0 aromatic heterocycles. The van der Waals surface area contributed by atoms with Gasteiger partial charge in [-0.25, -0.2) is 0 Å². The molecule has 1 aliphatic rings. The molecule has 0 amide bonds. The molecule has 1 saturated heterocycles. The molecule has 0 aliphatic carbocycles. The minimum Gasteiger partial charge on any atom is -0.399 e. The van der Waals surface area contributed by atoms with Gasteiger partial charge in [-0.1, -0.05) is 59.1 Å². The second-order valence-corrected chi connectivity index (χ2v) is 4.69. The van der Waals surface area contributed by atoms with Gasteiger partial charge in [0.1, 0.15) is 0 Å². The Kier molecular flexibility index (Phi) is 9.90. The predicted molar refractivity (Wildman–Crippen MR) is 87.3 cm³/mol. The van der Waals surface area contributed by atoms with Gasteiger partial charge in [-0.15, -0.1) is 0 Å². The van der Waals surface area contributed by atoms with Crippen LogP contribution in [0.2, 0.25) is 0 Å². The van der Waals surface area contributed by atoms with Crippen molar-refractivity contribution in [3.05, 3.63) is 36.9 Å². The first-order valence-electron chi connectivity index (χ1n) is 7.15. The molecule has 19 heavy (non-hydrogen) atoms. The molecule has 0 N–H and O–H groups in total. The van der Waals surface area contributed by atoms with E-state index in [2.05, 4.69) is 13.2 Å². The van der Waals surface area contributed by atoms with Gasteiger partial charge in [0.15, 0.2) is 0 Å². The van der Waals surface area contributed by atoms with Crippen LogP contribution < -0.4 is 0 Å². The Morgan fingerprint density at radius 1 is 0.895 bits per heavy atom. The van der Waals surface area contributed by atoms with Crippen LogP contribution in [0.4, 0.5) is 0 Å². The summed E-state index contributed by atoms with van der Waals surface area (Å²) in [5.74, 6) is 0. The molecule has 1 rings (SSSR count). The van der Waals surface area contributed by atoms with Crippen molar-refractivity contribution in [2.45, 2.75) is 66.6 Å². The van der Waals surface area contributed by atoms with E-state index in [1.807, 2.05) is 61.5 Å². The van der Waals surface area contributed by atoms with Crippen molar-refractivity contribution in [3.8, 4) is 0 Å². The summed E-state index contributed by atoms with van der Waals surface area (Å²) in [4.78, 5) is 0. The highest BCUT2D eigenvalue weighted by Crippen LogP contribution is 2.38. The van der Waals surface area contributed by atoms with E-state index in [9.17, 15) is 0 Å². The maximum absolute atomic E-state index is 5.86. The largest absolute Gasteiger partial charge is 0.494 e. The van der Waals surface area contributed by atoms with E-state index < -0.39 is 0 Å². The van der Waals surface area contributed by atoms with Crippen molar-refractivity contribution in [2.24, 2.45) is 0 Å². The van der Waals surface area contributed by atoms with Gasteiger partial charge >= 0.3 is 7.12 Å². The molecular weight excluding hydrogens is 235 g/mol. The van der Waals surface area contributed by atoms with Crippen LogP contribution >= 0.6 is 0 Å². The normalized spacial score (nSPS) is 19.6. The van der Waals surface area contributed by atoms with Gasteiger partial charge in [0.05, 0.1) is 11.2 Å². The molecule has 1 fully saturated rings. The van der Waals surface area contributed by atoms with Crippen molar-refractivity contribution in [2.75, 3.05) is 0 Å². The van der Waals surface area contributed by atoms with E-state index >= 15 is 0 Å². The third kappa shape index (κ3) is 5.37. The summed E-state index contributed by atoms with van der Waals surface area (Å²) in [6, 6.07) is 0. The van der Waals surface area contributed by atoms with Gasteiger partial charge in [-0.05, 0) is 33.2 Å². The molecule has 0 unspecified atom stereocenters. The molecular formula is C16H31BO2. The zero-order valence-corrected chi connectivity index (χ0v) is 14.0. The second kappa shape index (κ2) is 9.16. The quantitative estimate of drug-likeness (QED) is 0.530. The van der Waals surface area contributed by atoms with Crippen LogP contribution in [0.5, 0.6) is 0 Å². The summed E-state index contributed by atoms with van der Waals surface area (Å²) in [6.45, 7) is 23.5. The lowest BCUT2D eigenvalue weighted by molar-refractivity contribution is 0.00578. The Hall–Kier alpha value is -0.795. The van der Waals surface area contributed by atoms with Crippen molar-refractivity contribution >= 4 is 7.12 Å². The molecule has 110 valence electrons. The highest BCUT2D eigenvalue weighted by molar-refractivity contribution is 6.55. The third-order valence-corrected chi connectivity index (χ3v) is 3.07. The Bertz CT molecular complexity index is 288. The van der Waals surface area contributed by atoms with Crippen LogP contribution in [0.3, 0.4) is 0 Å². The van der Waals surface area contributed by atoms with Crippen molar-refractivity contribution in [1.29, 1.82) is 0 Å². The average molecular weight is 266 g/mol. The minimum absolute atomic E-state index is 0.305. The first kappa shape index (κ1) is 20.5. The summed E-state index contributed by atoms with van der Waals surface area (Å²) < 4.78 is 11.7. The fraction of sp³-hybridized carbons (Fsp3) is 0.625. The Labute approximate surface area is 120 Å². The predicted octanol–water partition coefficient (Wildman–Crippen LogP) is 4.97. The zero-order valence-electron chi connectivity index (χ0n) is 14.0. The number of allylic oxidation sites excluding steroid dienone is 4. The molecule has 1 aliphatic heterocycles. The van der Waals surface area contributed by atoms with Crippen LogP contribution in [0.1, 0.15) is 55.4 Å². The Balaban J connectivity index is 0. The lowest BCUT2D eigenvalue weighted by Gasteiger charge is -2.32. The van der Waals surface area contributed by atoms with Gasteiger partial charge < -0.3 is 9.31 Å². The van der Waals surface area contributed by atoms with Crippen molar-refractivity contribution < 1.29 is 9.31 Å². The van der Waals surface area contributed by atoms with Crippen LogP contribution in [-0.2, 0) is 9.31 Å². The lowest BCUT2D eigenvalue weighted by atomic mass is 9.78. The van der Waals surface area contributed by atoms with Crippen LogP contribution in [0, 0.1) is 0 Å². The van der Waals surface area contributed by atoms with Gasteiger partial charge in [0.2, 0.25) is 0 Å². The van der Waals surface area contributed by atoms with E-state index in [0.29, 0.717) is 0 Å². The highest BCUT2D eigenvalue weighted by Gasteiger charge is 2.51. The molecule has 1 heterocycles. The first-order valence-corrected chi connectivity index (χ1v) is 7.15. The molecule has 0 atom stereocenters. The fourth-order valence-corrected chi connectivity index (χ4v) is 1.36. The monoisotopic (exact) mass is 266 g/mol. The van der Waals surface area contributed by atoms with Gasteiger partial charge in [0, 0.05) is 0 Å². The fourth-order valence-electron chi connectivity index (χ4n) is 1.36. The topological polar surface area (TPSA) is 18.5 Å². The van der Waals surface area contributed by atoms with Gasteiger partial charge in [-0.2, -0.15) is 0 Å².